The fourth-order valence-electron chi connectivity index (χ4n) is 2.56. The van der Waals surface area contributed by atoms with Gasteiger partial charge in [-0.25, -0.2) is 0 Å². The fraction of sp³-hybridized carbons (Fsp3) is 0.211. The SMILES string of the molecule is CN(C)CCN1C(=O)/C(=C\c2ccc(Cl)cc2)Oc2ccc(N)cc21. The van der Waals surface area contributed by atoms with Gasteiger partial charge >= 0.3 is 0 Å². The monoisotopic (exact) mass is 357 g/mol. The number of nitrogens with two attached hydrogens (primary N) is 1. The first-order chi connectivity index (χ1) is 11.9. The van der Waals surface area contributed by atoms with Crippen molar-refractivity contribution in [2.24, 2.45) is 0 Å². The van der Waals surface area contributed by atoms with Gasteiger partial charge in [0.15, 0.2) is 11.5 Å². The number of fused-ring (bicyclic) bond motifs is 1. The van der Waals surface area contributed by atoms with Crippen LogP contribution in [0.5, 0.6) is 5.75 Å². The molecule has 0 atom stereocenters. The Bertz CT molecular complexity index is 816. The zero-order valence-electron chi connectivity index (χ0n) is 14.2. The average molecular weight is 358 g/mol. The number of halogens is 1. The van der Waals surface area contributed by atoms with E-state index in [1.807, 2.05) is 31.1 Å². The van der Waals surface area contributed by atoms with E-state index in [0.29, 0.717) is 28.7 Å². The van der Waals surface area contributed by atoms with E-state index in [-0.39, 0.29) is 11.7 Å². The van der Waals surface area contributed by atoms with E-state index >= 15 is 0 Å². The average Bonchev–Trinajstić information content (AvgIpc) is 2.57. The molecule has 1 aliphatic heterocycles. The van der Waals surface area contributed by atoms with E-state index in [1.54, 1.807) is 41.3 Å². The zero-order chi connectivity index (χ0) is 18.0. The molecule has 1 heterocycles. The summed E-state index contributed by atoms with van der Waals surface area (Å²) in [5.41, 5.74) is 8.02. The van der Waals surface area contributed by atoms with E-state index in [1.165, 1.54) is 0 Å². The molecule has 2 aromatic rings. The maximum atomic E-state index is 12.9. The van der Waals surface area contributed by atoms with Gasteiger partial charge in [0.2, 0.25) is 0 Å². The van der Waals surface area contributed by atoms with Crippen LogP contribution in [0.1, 0.15) is 5.56 Å². The predicted molar refractivity (Wildman–Crippen MR) is 102 cm³/mol. The molecular formula is C19H20ClN3O2. The number of carbonyl (C=O) groups excluding carboxylic acids is 1. The van der Waals surface area contributed by atoms with Crippen molar-refractivity contribution in [3.05, 3.63) is 58.8 Å². The summed E-state index contributed by atoms with van der Waals surface area (Å²) in [6.45, 7) is 1.28. The van der Waals surface area contributed by atoms with Crippen molar-refractivity contribution in [2.75, 3.05) is 37.8 Å². The van der Waals surface area contributed by atoms with Gasteiger partial charge in [0.05, 0.1) is 5.69 Å². The topological polar surface area (TPSA) is 58.8 Å². The van der Waals surface area contributed by atoms with Crippen LogP contribution in [0.2, 0.25) is 5.02 Å². The number of likely N-dealkylation sites (N-methyl/N-ethyl adjacent to an activating group) is 1. The lowest BCUT2D eigenvalue weighted by Gasteiger charge is -2.31. The highest BCUT2D eigenvalue weighted by Gasteiger charge is 2.30. The third kappa shape index (κ3) is 3.95. The molecule has 0 aliphatic carbocycles. The van der Waals surface area contributed by atoms with Gasteiger partial charge in [0, 0.05) is 23.8 Å². The quantitative estimate of drug-likeness (QED) is 0.674. The molecule has 0 unspecified atom stereocenters. The van der Waals surface area contributed by atoms with E-state index in [2.05, 4.69) is 0 Å². The van der Waals surface area contributed by atoms with Crippen LogP contribution in [-0.2, 0) is 4.79 Å². The van der Waals surface area contributed by atoms with Crippen molar-refractivity contribution in [1.82, 2.24) is 4.90 Å². The Hall–Kier alpha value is -2.50. The van der Waals surface area contributed by atoms with E-state index in [4.69, 9.17) is 22.1 Å². The minimum Gasteiger partial charge on any atom is -0.449 e. The number of hydrogen-bond acceptors (Lipinski definition) is 4. The van der Waals surface area contributed by atoms with Crippen molar-refractivity contribution < 1.29 is 9.53 Å². The molecule has 1 aliphatic rings. The smallest absolute Gasteiger partial charge is 0.294 e. The molecule has 0 saturated heterocycles. The van der Waals surface area contributed by atoms with Crippen LogP contribution in [0.3, 0.4) is 0 Å². The summed E-state index contributed by atoms with van der Waals surface area (Å²) < 4.78 is 5.84. The molecule has 3 rings (SSSR count). The molecule has 5 nitrogen and oxygen atoms in total. The van der Waals surface area contributed by atoms with Gasteiger partial charge in [0.1, 0.15) is 0 Å². The molecule has 0 saturated carbocycles. The number of nitrogen functional groups attached to an aromatic ring is 1. The molecule has 0 radical (unpaired) electrons. The molecule has 6 heteroatoms. The van der Waals surface area contributed by atoms with Gasteiger partial charge in [-0.3, -0.25) is 4.79 Å². The van der Waals surface area contributed by atoms with E-state index in [9.17, 15) is 4.79 Å². The summed E-state index contributed by atoms with van der Waals surface area (Å²) in [7, 11) is 3.94. The van der Waals surface area contributed by atoms with Crippen LogP contribution < -0.4 is 15.4 Å². The standard InChI is InChI=1S/C19H20ClN3O2/c1-22(2)9-10-23-16-12-15(21)7-8-17(16)25-18(19(23)24)11-13-3-5-14(20)6-4-13/h3-8,11-12H,9-10,21H2,1-2H3/b18-11+. The molecule has 130 valence electrons. The van der Waals surface area contributed by atoms with Gasteiger partial charge in [-0.2, -0.15) is 0 Å². The Kier molecular flexibility index (Phi) is 4.97. The number of benzene rings is 2. The first-order valence-electron chi connectivity index (χ1n) is 7.95. The summed E-state index contributed by atoms with van der Waals surface area (Å²) in [5, 5.41) is 0.645. The number of anilines is 2. The number of rotatable bonds is 4. The normalized spacial score (nSPS) is 15.4. The van der Waals surface area contributed by atoms with Crippen LogP contribution >= 0.6 is 11.6 Å². The van der Waals surface area contributed by atoms with Crippen LogP contribution in [0.15, 0.2) is 48.2 Å². The van der Waals surface area contributed by atoms with Crippen LogP contribution in [-0.4, -0.2) is 38.0 Å². The Morgan fingerprint density at radius 3 is 2.60 bits per heavy atom. The van der Waals surface area contributed by atoms with Crippen LogP contribution in [0.25, 0.3) is 6.08 Å². The maximum Gasteiger partial charge on any atom is 0.294 e. The van der Waals surface area contributed by atoms with Crippen molar-refractivity contribution in [3.63, 3.8) is 0 Å². The molecule has 0 bridgehead atoms. The van der Waals surface area contributed by atoms with Crippen molar-refractivity contribution in [1.29, 1.82) is 0 Å². The molecule has 25 heavy (non-hydrogen) atoms. The third-order valence-corrected chi connectivity index (χ3v) is 4.14. The zero-order valence-corrected chi connectivity index (χ0v) is 15.0. The summed E-state index contributed by atoms with van der Waals surface area (Å²) >= 11 is 5.92. The van der Waals surface area contributed by atoms with Crippen molar-refractivity contribution in [3.8, 4) is 5.75 Å². The molecule has 0 aromatic heterocycles. The highest BCUT2D eigenvalue weighted by atomic mass is 35.5. The summed E-state index contributed by atoms with van der Waals surface area (Å²) in [4.78, 5) is 16.7. The highest BCUT2D eigenvalue weighted by molar-refractivity contribution is 6.30. The minimum atomic E-state index is -0.185. The number of hydrogen-bond donors (Lipinski definition) is 1. The highest BCUT2D eigenvalue weighted by Crippen LogP contribution is 2.37. The van der Waals surface area contributed by atoms with Crippen molar-refractivity contribution >= 4 is 35.0 Å². The molecule has 2 aromatic carbocycles. The summed E-state index contributed by atoms with van der Waals surface area (Å²) in [6, 6.07) is 12.6. The van der Waals surface area contributed by atoms with Gasteiger partial charge < -0.3 is 20.3 Å². The van der Waals surface area contributed by atoms with E-state index in [0.717, 1.165) is 12.1 Å². The molecule has 2 N–H and O–H groups in total. The first-order valence-corrected chi connectivity index (χ1v) is 8.33. The second-order valence-corrected chi connectivity index (χ2v) is 6.59. The van der Waals surface area contributed by atoms with Crippen LogP contribution in [0, 0.1) is 0 Å². The Balaban J connectivity index is 1.98. The van der Waals surface area contributed by atoms with E-state index < -0.39 is 0 Å². The molecular weight excluding hydrogens is 338 g/mol. The second-order valence-electron chi connectivity index (χ2n) is 6.15. The van der Waals surface area contributed by atoms with Crippen molar-refractivity contribution in [2.45, 2.75) is 0 Å². The molecule has 0 fully saturated rings. The number of amides is 1. The number of carbonyl (C=O) groups is 1. The lowest BCUT2D eigenvalue weighted by atomic mass is 10.1. The second kappa shape index (κ2) is 7.17. The van der Waals surface area contributed by atoms with Crippen LogP contribution in [0.4, 0.5) is 11.4 Å². The predicted octanol–water partition coefficient (Wildman–Crippen LogP) is 3.25. The fourth-order valence-corrected chi connectivity index (χ4v) is 2.69. The molecule has 0 spiro atoms. The van der Waals surface area contributed by atoms with Gasteiger partial charge in [-0.15, -0.1) is 0 Å². The number of nitrogens with zero attached hydrogens (tertiary/aromatic N) is 2. The first kappa shape index (κ1) is 17.3. The summed E-state index contributed by atoms with van der Waals surface area (Å²) in [5.74, 6) is 0.709. The Morgan fingerprint density at radius 2 is 1.92 bits per heavy atom. The minimum absolute atomic E-state index is 0.185. The largest absolute Gasteiger partial charge is 0.449 e. The lowest BCUT2D eigenvalue weighted by Crippen LogP contribution is -2.41. The van der Waals surface area contributed by atoms with Gasteiger partial charge in [-0.1, -0.05) is 23.7 Å². The van der Waals surface area contributed by atoms with Gasteiger partial charge in [0.25, 0.3) is 5.91 Å². The summed E-state index contributed by atoms with van der Waals surface area (Å²) in [6.07, 6.45) is 1.72. The maximum absolute atomic E-state index is 12.9. The number of ether oxygens (including phenoxy) is 1. The Morgan fingerprint density at radius 1 is 1.20 bits per heavy atom. The Labute approximate surface area is 152 Å². The third-order valence-electron chi connectivity index (χ3n) is 3.89. The molecule has 1 amide bonds. The lowest BCUT2D eigenvalue weighted by molar-refractivity contribution is -0.117. The van der Waals surface area contributed by atoms with Gasteiger partial charge in [-0.05, 0) is 56.1 Å².